The molecular formula is C4H7O2P. The van der Waals surface area contributed by atoms with Gasteiger partial charge in [0.05, 0.1) is 0 Å². The van der Waals surface area contributed by atoms with E-state index in [0.717, 1.165) is 0 Å². The van der Waals surface area contributed by atoms with Gasteiger partial charge in [0.25, 0.3) is 0 Å². The van der Waals surface area contributed by atoms with E-state index in [1.807, 2.05) is 0 Å². The second-order valence-corrected chi connectivity index (χ2v) is 1.54. The average Bonchev–Trinajstić information content (AvgIpc) is 1.61. The fourth-order valence-electron chi connectivity index (χ4n) is 0.196. The summed E-state index contributed by atoms with van der Waals surface area (Å²) in [6.45, 7) is 0. The highest BCUT2D eigenvalue weighted by Crippen LogP contribution is 1.83. The second kappa shape index (κ2) is 3.82. The van der Waals surface area contributed by atoms with Crippen LogP contribution in [-0.4, -0.2) is 16.9 Å². The van der Waals surface area contributed by atoms with Crippen LogP contribution in [0.5, 0.6) is 0 Å². The number of carboxylic acids is 1. The lowest BCUT2D eigenvalue weighted by atomic mass is 10.3. The molecule has 0 saturated heterocycles. The highest BCUT2D eigenvalue weighted by molar-refractivity contribution is 7.18. The van der Waals surface area contributed by atoms with E-state index in [4.69, 9.17) is 5.11 Å². The van der Waals surface area contributed by atoms with Crippen molar-refractivity contribution >= 4 is 20.6 Å². The van der Waals surface area contributed by atoms with Crippen LogP contribution in [0.15, 0.2) is 0 Å². The van der Waals surface area contributed by atoms with E-state index >= 15 is 0 Å². The van der Waals surface area contributed by atoms with Crippen molar-refractivity contribution in [3.8, 4) is 0 Å². The molecule has 2 nitrogen and oxygen atoms in total. The van der Waals surface area contributed by atoms with Gasteiger partial charge in [-0.1, -0.05) is 5.80 Å². The summed E-state index contributed by atoms with van der Waals surface area (Å²) in [5.74, 6) is 0.892. The van der Waals surface area contributed by atoms with Crippen LogP contribution in [0.25, 0.3) is 0 Å². The number of hydrogen-bond acceptors (Lipinski definition) is 1. The Hall–Kier alpha value is -0.360. The molecule has 0 atom stereocenters. The Kier molecular flexibility index (Phi) is 3.62. The van der Waals surface area contributed by atoms with Crippen molar-refractivity contribution in [2.45, 2.75) is 12.8 Å². The Balaban J connectivity index is 2.97. The van der Waals surface area contributed by atoms with Gasteiger partial charge in [-0.3, -0.25) is 4.79 Å². The molecule has 0 heterocycles. The Labute approximate surface area is 44.4 Å². The molecule has 0 aliphatic carbocycles. The smallest absolute Gasteiger partial charge is 0.303 e. The SMILES string of the molecule is O=C(O)CCC=P. The number of aliphatic carboxylic acids is 1. The zero-order valence-electron chi connectivity index (χ0n) is 3.85. The molecule has 0 aromatic carbocycles. The Morgan fingerprint density at radius 1 is 1.86 bits per heavy atom. The first-order valence-electron chi connectivity index (χ1n) is 1.98. The third kappa shape index (κ3) is 5.64. The Morgan fingerprint density at radius 3 is 2.57 bits per heavy atom. The average molecular weight is 118 g/mol. The highest BCUT2D eigenvalue weighted by atomic mass is 31.0. The lowest BCUT2D eigenvalue weighted by molar-refractivity contribution is -0.136. The van der Waals surface area contributed by atoms with Gasteiger partial charge in [0, 0.05) is 6.42 Å². The molecule has 0 aromatic rings. The van der Waals surface area contributed by atoms with Crippen LogP contribution in [0.1, 0.15) is 12.8 Å². The molecule has 0 aliphatic heterocycles. The van der Waals surface area contributed by atoms with Gasteiger partial charge in [0.2, 0.25) is 0 Å². The summed E-state index contributed by atoms with van der Waals surface area (Å²) >= 11 is 0. The van der Waals surface area contributed by atoms with Crippen molar-refractivity contribution in [2.75, 3.05) is 0 Å². The van der Waals surface area contributed by atoms with Gasteiger partial charge in [0.15, 0.2) is 0 Å². The van der Waals surface area contributed by atoms with E-state index in [2.05, 4.69) is 8.86 Å². The highest BCUT2D eigenvalue weighted by Gasteiger charge is 1.89. The van der Waals surface area contributed by atoms with Gasteiger partial charge in [-0.05, 0) is 6.42 Å². The van der Waals surface area contributed by atoms with Crippen molar-refractivity contribution < 1.29 is 9.90 Å². The summed E-state index contributed by atoms with van der Waals surface area (Å²) in [6, 6.07) is 0. The molecule has 0 unspecified atom stereocenters. The van der Waals surface area contributed by atoms with Gasteiger partial charge in [-0.15, -0.1) is 8.86 Å². The van der Waals surface area contributed by atoms with Crippen LogP contribution >= 0.6 is 8.86 Å². The monoisotopic (exact) mass is 118 g/mol. The van der Waals surface area contributed by atoms with Crippen molar-refractivity contribution in [3.05, 3.63) is 0 Å². The maximum atomic E-state index is 9.72. The Morgan fingerprint density at radius 2 is 2.43 bits per heavy atom. The van der Waals surface area contributed by atoms with Gasteiger partial charge in [-0.25, -0.2) is 0 Å². The maximum Gasteiger partial charge on any atom is 0.303 e. The molecule has 3 heteroatoms. The normalized spacial score (nSPS) is 8.00. The topological polar surface area (TPSA) is 37.3 Å². The molecule has 0 aromatic heterocycles. The van der Waals surface area contributed by atoms with E-state index < -0.39 is 5.97 Å². The van der Waals surface area contributed by atoms with Crippen LogP contribution in [-0.2, 0) is 4.79 Å². The first kappa shape index (κ1) is 6.64. The van der Waals surface area contributed by atoms with E-state index in [9.17, 15) is 4.79 Å². The minimum Gasteiger partial charge on any atom is -0.481 e. The molecule has 0 bridgehead atoms. The molecule has 0 aliphatic rings. The molecular weight excluding hydrogens is 111 g/mol. The van der Waals surface area contributed by atoms with Crippen molar-refractivity contribution in [1.29, 1.82) is 0 Å². The summed E-state index contributed by atoms with van der Waals surface area (Å²) < 4.78 is 0. The number of rotatable bonds is 3. The molecule has 0 saturated carbocycles. The lowest BCUT2D eigenvalue weighted by Gasteiger charge is -1.81. The fourth-order valence-corrected chi connectivity index (χ4v) is 0.340. The number of carboxylic acid groups (broad SMARTS) is 1. The molecule has 0 rings (SSSR count). The zero-order chi connectivity index (χ0) is 5.70. The van der Waals surface area contributed by atoms with Gasteiger partial charge >= 0.3 is 5.97 Å². The number of carbonyl (C=O) groups is 1. The minimum atomic E-state index is -0.755. The zero-order valence-corrected chi connectivity index (χ0v) is 4.85. The molecule has 0 fully saturated rings. The van der Waals surface area contributed by atoms with Crippen LogP contribution in [0, 0.1) is 0 Å². The molecule has 0 amide bonds. The van der Waals surface area contributed by atoms with Crippen molar-refractivity contribution in [2.24, 2.45) is 0 Å². The summed E-state index contributed by atoms with van der Waals surface area (Å²) in [6.07, 6.45) is 0.801. The van der Waals surface area contributed by atoms with Gasteiger partial charge in [-0.2, -0.15) is 0 Å². The predicted molar refractivity (Wildman–Crippen MR) is 31.2 cm³/mol. The van der Waals surface area contributed by atoms with E-state index in [-0.39, 0.29) is 6.42 Å². The first-order chi connectivity index (χ1) is 3.27. The molecule has 1 N–H and O–H groups in total. The van der Waals surface area contributed by atoms with E-state index in [1.54, 1.807) is 5.80 Å². The third-order valence-corrected chi connectivity index (χ3v) is 0.791. The lowest BCUT2D eigenvalue weighted by Crippen LogP contribution is -1.92. The molecule has 40 valence electrons. The quantitative estimate of drug-likeness (QED) is 0.556. The standard InChI is InChI=1S/C4H7O2P/c5-4(6)2-1-3-7/h3,7H,1-2H2,(H,5,6). The van der Waals surface area contributed by atoms with Crippen molar-refractivity contribution in [3.63, 3.8) is 0 Å². The van der Waals surface area contributed by atoms with Crippen LogP contribution in [0.2, 0.25) is 0 Å². The maximum absolute atomic E-state index is 9.72. The summed E-state index contributed by atoms with van der Waals surface area (Å²) in [5.41, 5.74) is 0. The van der Waals surface area contributed by atoms with Gasteiger partial charge in [0.1, 0.15) is 0 Å². The minimum absolute atomic E-state index is 0.212. The van der Waals surface area contributed by atoms with Crippen molar-refractivity contribution in [1.82, 2.24) is 0 Å². The molecule has 7 heavy (non-hydrogen) atoms. The molecule has 0 radical (unpaired) electrons. The largest absolute Gasteiger partial charge is 0.481 e. The molecule has 0 spiro atoms. The summed E-state index contributed by atoms with van der Waals surface area (Å²) in [5, 5.41) is 8.00. The van der Waals surface area contributed by atoms with Crippen LogP contribution < -0.4 is 0 Å². The summed E-state index contributed by atoms with van der Waals surface area (Å²) in [7, 11) is 3.03. The van der Waals surface area contributed by atoms with Crippen LogP contribution in [0.4, 0.5) is 0 Å². The van der Waals surface area contributed by atoms with Crippen LogP contribution in [0.3, 0.4) is 0 Å². The second-order valence-electron chi connectivity index (χ2n) is 1.14. The van der Waals surface area contributed by atoms with E-state index in [0.29, 0.717) is 6.42 Å². The third-order valence-electron chi connectivity index (χ3n) is 0.503. The Bertz CT molecular complexity index is 79.8. The van der Waals surface area contributed by atoms with Gasteiger partial charge < -0.3 is 5.11 Å². The number of hydrogen-bond donors (Lipinski definition) is 1. The fraction of sp³-hybridized carbons (Fsp3) is 0.500. The van der Waals surface area contributed by atoms with E-state index in [1.165, 1.54) is 0 Å². The first-order valence-corrected chi connectivity index (χ1v) is 2.56. The predicted octanol–water partition coefficient (Wildman–Crippen LogP) is 0.796. The summed E-state index contributed by atoms with van der Waals surface area (Å²) in [4.78, 5) is 9.72.